The number of carboxylic acid groups (broad SMARTS) is 1. The van der Waals surface area contributed by atoms with Gasteiger partial charge in [0.15, 0.2) is 5.65 Å². The molecule has 0 radical (unpaired) electrons. The molecule has 0 aliphatic carbocycles. The average molecular weight is 395 g/mol. The fourth-order valence-electron chi connectivity index (χ4n) is 3.38. The lowest BCUT2D eigenvalue weighted by molar-refractivity contribution is 0.0697. The van der Waals surface area contributed by atoms with Crippen molar-refractivity contribution in [1.29, 1.82) is 0 Å². The average Bonchev–Trinajstić information content (AvgIpc) is 3.13. The van der Waals surface area contributed by atoms with Gasteiger partial charge in [-0.1, -0.05) is 12.1 Å². The molecule has 4 rings (SSSR count). The first kappa shape index (κ1) is 18.7. The second kappa shape index (κ2) is 7.74. The van der Waals surface area contributed by atoms with E-state index in [4.69, 9.17) is 5.11 Å². The fraction of sp³-hybridized carbons (Fsp3) is 0.316. The number of fused-ring (bicyclic) bond motifs is 1. The first-order valence-electron chi connectivity index (χ1n) is 9.25. The Hall–Kier alpha value is -3.69. The highest BCUT2D eigenvalue weighted by Crippen LogP contribution is 2.23. The SMILES string of the molecule is Cn1ncc2c(N3CCN(C(=O)NCc4ccc(C(=O)O)cc4)CC3)ncnc21. The number of aryl methyl sites for hydroxylation is 1. The molecule has 0 unspecified atom stereocenters. The van der Waals surface area contributed by atoms with E-state index in [2.05, 4.69) is 25.3 Å². The van der Waals surface area contributed by atoms with E-state index in [-0.39, 0.29) is 11.6 Å². The number of hydrogen-bond acceptors (Lipinski definition) is 6. The number of carbonyl (C=O) groups excluding carboxylic acids is 1. The largest absolute Gasteiger partial charge is 0.478 e. The predicted molar refractivity (Wildman–Crippen MR) is 106 cm³/mol. The number of nitrogens with one attached hydrogen (secondary N) is 1. The highest BCUT2D eigenvalue weighted by molar-refractivity contribution is 5.88. The van der Waals surface area contributed by atoms with Gasteiger partial charge in [0.05, 0.1) is 17.1 Å². The molecule has 0 saturated carbocycles. The van der Waals surface area contributed by atoms with Crippen LogP contribution in [0.1, 0.15) is 15.9 Å². The summed E-state index contributed by atoms with van der Waals surface area (Å²) in [5, 5.41) is 17.0. The number of hydrogen-bond donors (Lipinski definition) is 2. The van der Waals surface area contributed by atoms with Gasteiger partial charge in [-0.15, -0.1) is 0 Å². The monoisotopic (exact) mass is 395 g/mol. The van der Waals surface area contributed by atoms with E-state index < -0.39 is 5.97 Å². The van der Waals surface area contributed by atoms with Crippen molar-refractivity contribution in [3.8, 4) is 0 Å². The summed E-state index contributed by atoms with van der Waals surface area (Å²) in [6, 6.07) is 6.33. The molecule has 0 atom stereocenters. The number of urea groups is 1. The van der Waals surface area contributed by atoms with E-state index in [0.29, 0.717) is 32.7 Å². The quantitative estimate of drug-likeness (QED) is 0.679. The first-order valence-corrected chi connectivity index (χ1v) is 9.25. The summed E-state index contributed by atoms with van der Waals surface area (Å²) in [4.78, 5) is 35.9. The van der Waals surface area contributed by atoms with Crippen LogP contribution < -0.4 is 10.2 Å². The van der Waals surface area contributed by atoms with E-state index in [9.17, 15) is 9.59 Å². The third-order valence-electron chi connectivity index (χ3n) is 5.02. The molecule has 1 aromatic carbocycles. The minimum absolute atomic E-state index is 0.138. The molecular formula is C19H21N7O3. The van der Waals surface area contributed by atoms with Crippen LogP contribution in [0.4, 0.5) is 10.6 Å². The normalized spacial score (nSPS) is 14.2. The number of nitrogens with zero attached hydrogens (tertiary/aromatic N) is 6. The van der Waals surface area contributed by atoms with Gasteiger partial charge < -0.3 is 20.2 Å². The molecule has 2 amide bonds. The van der Waals surface area contributed by atoms with E-state index in [0.717, 1.165) is 22.4 Å². The van der Waals surface area contributed by atoms with Crippen LogP contribution in [0.3, 0.4) is 0 Å². The van der Waals surface area contributed by atoms with E-state index in [1.165, 1.54) is 18.5 Å². The number of benzene rings is 1. The van der Waals surface area contributed by atoms with Gasteiger partial charge in [-0.3, -0.25) is 4.68 Å². The molecule has 1 fully saturated rings. The second-order valence-corrected chi connectivity index (χ2v) is 6.84. The maximum Gasteiger partial charge on any atom is 0.335 e. The highest BCUT2D eigenvalue weighted by Gasteiger charge is 2.23. The molecule has 3 heterocycles. The Morgan fingerprint density at radius 1 is 1.10 bits per heavy atom. The van der Waals surface area contributed by atoms with Gasteiger partial charge in [0.2, 0.25) is 0 Å². The van der Waals surface area contributed by atoms with E-state index >= 15 is 0 Å². The minimum Gasteiger partial charge on any atom is -0.478 e. The van der Waals surface area contributed by atoms with Gasteiger partial charge in [-0.2, -0.15) is 5.10 Å². The first-order chi connectivity index (χ1) is 14.0. The van der Waals surface area contributed by atoms with Crippen LogP contribution in [0.15, 0.2) is 36.8 Å². The molecule has 150 valence electrons. The molecule has 1 aliphatic rings. The maximum atomic E-state index is 12.5. The molecule has 1 aliphatic heterocycles. The Morgan fingerprint density at radius 2 is 1.83 bits per heavy atom. The lowest BCUT2D eigenvalue weighted by atomic mass is 10.1. The van der Waals surface area contributed by atoms with Crippen molar-refractivity contribution in [3.63, 3.8) is 0 Å². The van der Waals surface area contributed by atoms with Gasteiger partial charge in [-0.25, -0.2) is 19.6 Å². The second-order valence-electron chi connectivity index (χ2n) is 6.84. The number of anilines is 1. The number of carboxylic acids is 1. The predicted octanol–water partition coefficient (Wildman–Crippen LogP) is 1.09. The lowest BCUT2D eigenvalue weighted by Gasteiger charge is -2.35. The molecule has 3 aromatic rings. The number of aromatic carboxylic acids is 1. The molecule has 2 N–H and O–H groups in total. The maximum absolute atomic E-state index is 12.5. The Bertz CT molecular complexity index is 1040. The molecule has 1 saturated heterocycles. The molecule has 0 bridgehead atoms. The van der Waals surface area contributed by atoms with Gasteiger partial charge >= 0.3 is 12.0 Å². The van der Waals surface area contributed by atoms with Crippen LogP contribution in [0.5, 0.6) is 0 Å². The van der Waals surface area contributed by atoms with Gasteiger partial charge in [0, 0.05) is 39.8 Å². The van der Waals surface area contributed by atoms with E-state index in [1.54, 1.807) is 27.9 Å². The summed E-state index contributed by atoms with van der Waals surface area (Å²) in [6.07, 6.45) is 3.30. The van der Waals surface area contributed by atoms with Crippen LogP contribution >= 0.6 is 0 Å². The number of aromatic nitrogens is 4. The van der Waals surface area contributed by atoms with Crippen molar-refractivity contribution in [2.24, 2.45) is 7.05 Å². The van der Waals surface area contributed by atoms with Crippen molar-refractivity contribution in [2.75, 3.05) is 31.1 Å². The van der Waals surface area contributed by atoms with Crippen molar-refractivity contribution < 1.29 is 14.7 Å². The minimum atomic E-state index is -0.967. The summed E-state index contributed by atoms with van der Waals surface area (Å²) in [6.45, 7) is 2.84. The Balaban J connectivity index is 1.33. The Labute approximate surface area is 166 Å². The van der Waals surface area contributed by atoms with Crippen LogP contribution in [0, 0.1) is 0 Å². The van der Waals surface area contributed by atoms with Gasteiger partial charge in [0.25, 0.3) is 0 Å². The zero-order valence-electron chi connectivity index (χ0n) is 15.9. The standard InChI is InChI=1S/C19H21N7O3/c1-24-16-15(11-23-24)17(22-12-21-16)25-6-8-26(9-7-25)19(29)20-10-13-2-4-14(5-3-13)18(27)28/h2-5,11-12H,6-10H2,1H3,(H,20,29)(H,27,28). The number of rotatable bonds is 4. The van der Waals surface area contributed by atoms with Crippen molar-refractivity contribution in [2.45, 2.75) is 6.54 Å². The van der Waals surface area contributed by atoms with Crippen molar-refractivity contribution >= 4 is 28.9 Å². The molecular weight excluding hydrogens is 374 g/mol. The molecule has 29 heavy (non-hydrogen) atoms. The van der Waals surface area contributed by atoms with E-state index in [1.807, 2.05) is 7.05 Å². The van der Waals surface area contributed by atoms with Crippen molar-refractivity contribution in [1.82, 2.24) is 30.0 Å². The van der Waals surface area contributed by atoms with Gasteiger partial charge in [-0.05, 0) is 17.7 Å². The van der Waals surface area contributed by atoms with Crippen LogP contribution in [0.25, 0.3) is 11.0 Å². The van der Waals surface area contributed by atoms with Crippen LogP contribution in [-0.4, -0.2) is 67.9 Å². The smallest absolute Gasteiger partial charge is 0.335 e. The number of piperazine rings is 1. The summed E-state index contributed by atoms with van der Waals surface area (Å²) in [7, 11) is 1.84. The molecule has 10 heteroatoms. The lowest BCUT2D eigenvalue weighted by Crippen LogP contribution is -2.52. The summed E-state index contributed by atoms with van der Waals surface area (Å²) >= 11 is 0. The highest BCUT2D eigenvalue weighted by atomic mass is 16.4. The fourth-order valence-corrected chi connectivity index (χ4v) is 3.38. The summed E-state index contributed by atoms with van der Waals surface area (Å²) < 4.78 is 1.72. The zero-order chi connectivity index (χ0) is 20.4. The van der Waals surface area contributed by atoms with Gasteiger partial charge in [0.1, 0.15) is 12.1 Å². The van der Waals surface area contributed by atoms with Crippen LogP contribution in [-0.2, 0) is 13.6 Å². The Morgan fingerprint density at radius 3 is 2.52 bits per heavy atom. The molecule has 0 spiro atoms. The number of amides is 2. The van der Waals surface area contributed by atoms with Crippen LogP contribution in [0.2, 0.25) is 0 Å². The molecule has 10 nitrogen and oxygen atoms in total. The third kappa shape index (κ3) is 3.82. The van der Waals surface area contributed by atoms with Crippen molar-refractivity contribution in [3.05, 3.63) is 47.9 Å². The topological polar surface area (TPSA) is 116 Å². The zero-order valence-corrected chi connectivity index (χ0v) is 15.9. The third-order valence-corrected chi connectivity index (χ3v) is 5.02. The number of carbonyl (C=O) groups is 2. The summed E-state index contributed by atoms with van der Waals surface area (Å²) in [5.41, 5.74) is 1.86. The molecule has 2 aromatic heterocycles. The summed E-state index contributed by atoms with van der Waals surface area (Å²) in [5.74, 6) is -0.132. The Kier molecular flexibility index (Phi) is 4.98.